The standard InChI is InChI=1S/C12H18F2N2O/c1-3-11(2,8-15)16-10(17)9-4-6-12(13,14)7-5-9/h9H,3-7H2,1-2H3,(H,16,17). The molecule has 1 saturated carbocycles. The zero-order valence-corrected chi connectivity index (χ0v) is 10.2. The second kappa shape index (κ2) is 4.99. The van der Waals surface area contributed by atoms with Gasteiger partial charge in [-0.15, -0.1) is 0 Å². The number of alkyl halides is 2. The summed E-state index contributed by atoms with van der Waals surface area (Å²) in [5.41, 5.74) is -0.892. The number of carbonyl (C=O) groups is 1. The van der Waals surface area contributed by atoms with Crippen LogP contribution >= 0.6 is 0 Å². The molecule has 1 atom stereocenters. The van der Waals surface area contributed by atoms with Gasteiger partial charge in [0.1, 0.15) is 5.54 Å². The lowest BCUT2D eigenvalue weighted by Crippen LogP contribution is -2.48. The maximum absolute atomic E-state index is 12.9. The minimum atomic E-state index is -2.62. The average Bonchev–Trinajstić information content (AvgIpc) is 2.28. The first-order chi connectivity index (χ1) is 7.82. The maximum atomic E-state index is 12.9. The summed E-state index contributed by atoms with van der Waals surface area (Å²) in [6, 6.07) is 2.03. The minimum Gasteiger partial charge on any atom is -0.338 e. The van der Waals surface area contributed by atoms with Crippen LogP contribution in [0.2, 0.25) is 0 Å². The fourth-order valence-corrected chi connectivity index (χ4v) is 1.87. The van der Waals surface area contributed by atoms with E-state index in [1.807, 2.05) is 6.07 Å². The van der Waals surface area contributed by atoms with Crippen molar-refractivity contribution in [2.24, 2.45) is 5.92 Å². The molecule has 0 aromatic rings. The molecule has 1 fully saturated rings. The summed E-state index contributed by atoms with van der Waals surface area (Å²) in [6.45, 7) is 3.45. The molecule has 0 aromatic heterocycles. The Bertz CT molecular complexity index is 328. The number of nitrogens with one attached hydrogen (secondary N) is 1. The Kier molecular flexibility index (Phi) is 4.07. The van der Waals surface area contributed by atoms with Crippen LogP contribution in [-0.4, -0.2) is 17.4 Å². The van der Waals surface area contributed by atoms with Crippen molar-refractivity contribution in [3.05, 3.63) is 0 Å². The van der Waals surface area contributed by atoms with Crippen LogP contribution in [0, 0.1) is 17.2 Å². The van der Waals surface area contributed by atoms with Gasteiger partial charge in [-0.2, -0.15) is 5.26 Å². The van der Waals surface area contributed by atoms with E-state index in [1.54, 1.807) is 13.8 Å². The van der Waals surface area contributed by atoms with E-state index in [0.717, 1.165) is 0 Å². The van der Waals surface area contributed by atoms with Crippen LogP contribution < -0.4 is 5.32 Å². The highest BCUT2D eigenvalue weighted by Gasteiger charge is 2.38. The molecule has 1 aliphatic rings. The molecule has 1 unspecified atom stereocenters. The number of halogens is 2. The van der Waals surface area contributed by atoms with Crippen LogP contribution in [0.25, 0.3) is 0 Å². The van der Waals surface area contributed by atoms with Crippen molar-refractivity contribution >= 4 is 5.91 Å². The van der Waals surface area contributed by atoms with E-state index in [1.165, 1.54) is 0 Å². The third kappa shape index (κ3) is 3.65. The second-order valence-electron chi connectivity index (χ2n) is 4.92. The average molecular weight is 244 g/mol. The summed E-state index contributed by atoms with van der Waals surface area (Å²) < 4.78 is 25.9. The van der Waals surface area contributed by atoms with E-state index in [-0.39, 0.29) is 37.5 Å². The summed E-state index contributed by atoms with van der Waals surface area (Å²) >= 11 is 0. The van der Waals surface area contributed by atoms with Crippen molar-refractivity contribution in [1.29, 1.82) is 5.26 Å². The minimum absolute atomic E-state index is 0.198. The van der Waals surface area contributed by atoms with Crippen molar-refractivity contribution in [1.82, 2.24) is 5.32 Å². The van der Waals surface area contributed by atoms with Crippen molar-refractivity contribution < 1.29 is 13.6 Å². The first-order valence-corrected chi connectivity index (χ1v) is 5.93. The predicted octanol–water partition coefficient (Wildman–Crippen LogP) is 2.62. The fraction of sp³-hybridized carbons (Fsp3) is 0.833. The molecular formula is C12H18F2N2O. The number of nitriles is 1. The Morgan fingerprint density at radius 2 is 2.06 bits per heavy atom. The predicted molar refractivity (Wildman–Crippen MR) is 59.4 cm³/mol. The van der Waals surface area contributed by atoms with Crippen LogP contribution in [0.3, 0.4) is 0 Å². The quantitative estimate of drug-likeness (QED) is 0.829. The number of rotatable bonds is 3. The summed E-state index contributed by atoms with van der Waals surface area (Å²) in [7, 11) is 0. The van der Waals surface area contributed by atoms with Crippen LogP contribution in [0.1, 0.15) is 46.0 Å². The van der Waals surface area contributed by atoms with E-state index in [2.05, 4.69) is 5.32 Å². The van der Waals surface area contributed by atoms with Crippen LogP contribution in [0.15, 0.2) is 0 Å². The molecule has 17 heavy (non-hydrogen) atoms. The molecular weight excluding hydrogens is 226 g/mol. The van der Waals surface area contributed by atoms with E-state index >= 15 is 0 Å². The van der Waals surface area contributed by atoms with E-state index in [9.17, 15) is 13.6 Å². The maximum Gasteiger partial charge on any atom is 0.248 e. The molecule has 3 nitrogen and oxygen atoms in total. The van der Waals surface area contributed by atoms with Crippen LogP contribution in [-0.2, 0) is 4.79 Å². The van der Waals surface area contributed by atoms with Gasteiger partial charge >= 0.3 is 0 Å². The molecule has 0 spiro atoms. The summed E-state index contributed by atoms with van der Waals surface area (Å²) in [6.07, 6.45) is 0.424. The number of carbonyl (C=O) groups excluding carboxylic acids is 1. The lowest BCUT2D eigenvalue weighted by Gasteiger charge is -2.30. The topological polar surface area (TPSA) is 52.9 Å². The molecule has 1 N–H and O–H groups in total. The number of hydrogen-bond donors (Lipinski definition) is 1. The Hall–Kier alpha value is -1.18. The summed E-state index contributed by atoms with van der Waals surface area (Å²) in [5, 5.41) is 11.6. The molecule has 1 rings (SSSR count). The molecule has 0 aliphatic heterocycles. The largest absolute Gasteiger partial charge is 0.338 e. The SMILES string of the molecule is CCC(C)(C#N)NC(=O)C1CCC(F)(F)CC1. The molecule has 96 valence electrons. The summed E-state index contributed by atoms with van der Waals surface area (Å²) in [5.74, 6) is -3.28. The van der Waals surface area contributed by atoms with E-state index in [0.29, 0.717) is 6.42 Å². The zero-order valence-electron chi connectivity index (χ0n) is 10.2. The second-order valence-corrected chi connectivity index (χ2v) is 4.92. The normalized spacial score (nSPS) is 23.5. The number of amides is 1. The van der Waals surface area contributed by atoms with Gasteiger partial charge in [0.25, 0.3) is 0 Å². The van der Waals surface area contributed by atoms with Crippen LogP contribution in [0.5, 0.6) is 0 Å². The first kappa shape index (κ1) is 13.9. The Labute approximate surface area is 100 Å². The van der Waals surface area contributed by atoms with Crippen molar-refractivity contribution in [3.63, 3.8) is 0 Å². The molecule has 0 bridgehead atoms. The monoisotopic (exact) mass is 244 g/mol. The van der Waals surface area contributed by atoms with Gasteiger partial charge in [-0.25, -0.2) is 8.78 Å². The van der Waals surface area contributed by atoms with Crippen molar-refractivity contribution in [2.45, 2.75) is 57.4 Å². The van der Waals surface area contributed by atoms with Gasteiger partial charge in [-0.05, 0) is 26.2 Å². The molecule has 0 aromatic carbocycles. The Morgan fingerprint density at radius 1 is 1.53 bits per heavy atom. The van der Waals surface area contributed by atoms with E-state index < -0.39 is 11.5 Å². The van der Waals surface area contributed by atoms with E-state index in [4.69, 9.17) is 5.26 Å². The zero-order chi connectivity index (χ0) is 13.1. The molecule has 1 amide bonds. The smallest absolute Gasteiger partial charge is 0.248 e. The number of hydrogen-bond acceptors (Lipinski definition) is 2. The lowest BCUT2D eigenvalue weighted by atomic mass is 9.85. The van der Waals surface area contributed by atoms with Gasteiger partial charge in [-0.3, -0.25) is 4.79 Å². The van der Waals surface area contributed by atoms with Gasteiger partial charge in [0, 0.05) is 18.8 Å². The van der Waals surface area contributed by atoms with Gasteiger partial charge < -0.3 is 5.32 Å². The molecule has 1 aliphatic carbocycles. The fourth-order valence-electron chi connectivity index (χ4n) is 1.87. The summed E-state index contributed by atoms with van der Waals surface area (Å²) in [4.78, 5) is 11.8. The molecule has 0 saturated heterocycles. The molecule has 5 heteroatoms. The van der Waals surface area contributed by atoms with Gasteiger partial charge in [0.05, 0.1) is 6.07 Å². The number of nitrogens with zero attached hydrogens (tertiary/aromatic N) is 1. The van der Waals surface area contributed by atoms with Gasteiger partial charge in [0.2, 0.25) is 11.8 Å². The van der Waals surface area contributed by atoms with Crippen molar-refractivity contribution in [3.8, 4) is 6.07 Å². The van der Waals surface area contributed by atoms with Crippen molar-refractivity contribution in [2.75, 3.05) is 0 Å². The van der Waals surface area contributed by atoms with Crippen LogP contribution in [0.4, 0.5) is 8.78 Å². The Morgan fingerprint density at radius 3 is 2.47 bits per heavy atom. The lowest BCUT2D eigenvalue weighted by molar-refractivity contribution is -0.130. The highest BCUT2D eigenvalue weighted by Crippen LogP contribution is 2.36. The molecule has 0 radical (unpaired) electrons. The van der Waals surface area contributed by atoms with Gasteiger partial charge in [-0.1, -0.05) is 6.92 Å². The highest BCUT2D eigenvalue weighted by molar-refractivity contribution is 5.79. The van der Waals surface area contributed by atoms with Gasteiger partial charge in [0.15, 0.2) is 0 Å². The molecule has 0 heterocycles. The first-order valence-electron chi connectivity index (χ1n) is 5.93. The Balaban J connectivity index is 2.53. The third-order valence-corrected chi connectivity index (χ3v) is 3.44. The highest BCUT2D eigenvalue weighted by atomic mass is 19.3. The third-order valence-electron chi connectivity index (χ3n) is 3.44.